The van der Waals surface area contributed by atoms with E-state index < -0.39 is 18.0 Å². The van der Waals surface area contributed by atoms with Gasteiger partial charge in [0.2, 0.25) is 0 Å². The van der Waals surface area contributed by atoms with E-state index in [1.807, 2.05) is 0 Å². The van der Waals surface area contributed by atoms with Gasteiger partial charge in [0.05, 0.1) is 5.56 Å². The van der Waals surface area contributed by atoms with Crippen LogP contribution in [0.25, 0.3) is 0 Å². The van der Waals surface area contributed by atoms with E-state index in [0.29, 0.717) is 30.4 Å². The van der Waals surface area contributed by atoms with E-state index in [2.05, 4.69) is 10.3 Å². The summed E-state index contributed by atoms with van der Waals surface area (Å²) >= 11 is 5.67. The van der Waals surface area contributed by atoms with Crippen LogP contribution in [0.2, 0.25) is 5.15 Å². The Morgan fingerprint density at radius 3 is 2.68 bits per heavy atom. The molecule has 1 amide bonds. The van der Waals surface area contributed by atoms with Crippen molar-refractivity contribution in [3.63, 3.8) is 0 Å². The van der Waals surface area contributed by atoms with Gasteiger partial charge in [0, 0.05) is 18.0 Å². The van der Waals surface area contributed by atoms with E-state index in [9.17, 15) is 9.59 Å². The SMILES string of the molecule is C[C@H](OC(=O)c1ccc(Cl)nc1)C(=O)Nc1ccc2c(c1)OCCO2. The Bertz CT molecular complexity index is 794. The number of rotatable bonds is 4. The predicted molar refractivity (Wildman–Crippen MR) is 90.2 cm³/mol. The van der Waals surface area contributed by atoms with Gasteiger partial charge in [-0.25, -0.2) is 9.78 Å². The van der Waals surface area contributed by atoms with Gasteiger partial charge < -0.3 is 19.5 Å². The third kappa shape index (κ3) is 4.19. The summed E-state index contributed by atoms with van der Waals surface area (Å²) in [5.41, 5.74) is 0.730. The largest absolute Gasteiger partial charge is 0.486 e. The summed E-state index contributed by atoms with van der Waals surface area (Å²) in [7, 11) is 0. The fourth-order valence-electron chi connectivity index (χ4n) is 2.14. The van der Waals surface area contributed by atoms with E-state index in [0.717, 1.165) is 0 Å². The normalized spacial score (nSPS) is 13.7. The molecule has 7 nitrogen and oxygen atoms in total. The third-order valence-electron chi connectivity index (χ3n) is 3.43. The third-order valence-corrected chi connectivity index (χ3v) is 3.65. The lowest BCUT2D eigenvalue weighted by molar-refractivity contribution is -0.123. The number of hydrogen-bond donors (Lipinski definition) is 1. The quantitative estimate of drug-likeness (QED) is 0.664. The number of halogens is 1. The van der Waals surface area contributed by atoms with Gasteiger partial charge in [0.1, 0.15) is 18.4 Å². The van der Waals surface area contributed by atoms with Crippen LogP contribution in [0.15, 0.2) is 36.5 Å². The molecule has 0 spiro atoms. The smallest absolute Gasteiger partial charge is 0.340 e. The van der Waals surface area contributed by atoms with E-state index in [4.69, 9.17) is 25.8 Å². The zero-order chi connectivity index (χ0) is 17.8. The molecule has 1 N–H and O–H groups in total. The number of esters is 1. The van der Waals surface area contributed by atoms with Gasteiger partial charge in [-0.2, -0.15) is 0 Å². The van der Waals surface area contributed by atoms with Crippen molar-refractivity contribution in [2.45, 2.75) is 13.0 Å². The fourth-order valence-corrected chi connectivity index (χ4v) is 2.26. The lowest BCUT2D eigenvalue weighted by Gasteiger charge is -2.19. The second-order valence-electron chi connectivity index (χ2n) is 5.26. The lowest BCUT2D eigenvalue weighted by Crippen LogP contribution is -2.30. The molecule has 25 heavy (non-hydrogen) atoms. The van der Waals surface area contributed by atoms with E-state index in [1.54, 1.807) is 18.2 Å². The summed E-state index contributed by atoms with van der Waals surface area (Å²) < 4.78 is 16.0. The molecule has 1 aliphatic rings. The Kier molecular flexibility index (Phi) is 5.04. The van der Waals surface area contributed by atoms with E-state index >= 15 is 0 Å². The molecule has 0 bridgehead atoms. The number of nitrogens with one attached hydrogen (secondary N) is 1. The minimum absolute atomic E-state index is 0.211. The summed E-state index contributed by atoms with van der Waals surface area (Å²) in [5.74, 6) is 0.0563. The van der Waals surface area contributed by atoms with Crippen LogP contribution in [-0.2, 0) is 9.53 Å². The van der Waals surface area contributed by atoms with Crippen LogP contribution in [0.4, 0.5) is 5.69 Å². The Hall–Kier alpha value is -2.80. The monoisotopic (exact) mass is 362 g/mol. The van der Waals surface area contributed by atoms with Crippen LogP contribution in [0.1, 0.15) is 17.3 Å². The van der Waals surface area contributed by atoms with Crippen molar-refractivity contribution >= 4 is 29.2 Å². The number of nitrogens with zero attached hydrogens (tertiary/aromatic N) is 1. The highest BCUT2D eigenvalue weighted by molar-refractivity contribution is 6.29. The van der Waals surface area contributed by atoms with Crippen LogP contribution in [0.3, 0.4) is 0 Å². The average molecular weight is 363 g/mol. The first kappa shape index (κ1) is 17.0. The molecule has 0 radical (unpaired) electrons. The van der Waals surface area contributed by atoms with Crippen molar-refractivity contribution in [3.05, 3.63) is 47.2 Å². The number of hydrogen-bond acceptors (Lipinski definition) is 6. The number of ether oxygens (including phenoxy) is 3. The highest BCUT2D eigenvalue weighted by Crippen LogP contribution is 2.32. The lowest BCUT2D eigenvalue weighted by atomic mass is 10.2. The fraction of sp³-hybridized carbons (Fsp3) is 0.235. The second-order valence-corrected chi connectivity index (χ2v) is 5.65. The number of anilines is 1. The summed E-state index contributed by atoms with van der Waals surface area (Å²) in [6.07, 6.45) is 0.298. The molecule has 0 aliphatic carbocycles. The number of amides is 1. The summed E-state index contributed by atoms with van der Waals surface area (Å²) in [5, 5.41) is 2.93. The van der Waals surface area contributed by atoms with Gasteiger partial charge in [-0.15, -0.1) is 0 Å². The predicted octanol–water partition coefficient (Wildman–Crippen LogP) is 2.69. The number of fused-ring (bicyclic) bond motifs is 1. The molecular formula is C17H15ClN2O5. The Labute approximate surface area is 148 Å². The van der Waals surface area contributed by atoms with Crippen LogP contribution in [0, 0.1) is 0 Å². The molecule has 1 atom stereocenters. The van der Waals surface area contributed by atoms with Gasteiger partial charge in [0.25, 0.3) is 5.91 Å². The van der Waals surface area contributed by atoms with Crippen molar-refractivity contribution in [1.29, 1.82) is 0 Å². The topological polar surface area (TPSA) is 86.8 Å². The summed E-state index contributed by atoms with van der Waals surface area (Å²) in [6, 6.07) is 7.99. The van der Waals surface area contributed by atoms with Crippen molar-refractivity contribution in [1.82, 2.24) is 4.98 Å². The maximum atomic E-state index is 12.2. The van der Waals surface area contributed by atoms with Gasteiger partial charge in [0.15, 0.2) is 17.6 Å². The summed E-state index contributed by atoms with van der Waals surface area (Å²) in [4.78, 5) is 28.0. The zero-order valence-corrected chi connectivity index (χ0v) is 14.1. The van der Waals surface area contributed by atoms with Gasteiger partial charge >= 0.3 is 5.97 Å². The van der Waals surface area contributed by atoms with Crippen molar-refractivity contribution in [3.8, 4) is 11.5 Å². The minimum Gasteiger partial charge on any atom is -0.486 e. The molecule has 0 saturated carbocycles. The number of pyridine rings is 1. The van der Waals surface area contributed by atoms with Crippen molar-refractivity contribution < 1.29 is 23.8 Å². The van der Waals surface area contributed by atoms with Crippen molar-refractivity contribution in [2.24, 2.45) is 0 Å². The number of carbonyl (C=O) groups is 2. The number of carbonyl (C=O) groups excluding carboxylic acids is 2. The standard InChI is InChI=1S/C17H15ClN2O5/c1-10(25-17(22)11-2-5-15(18)19-9-11)16(21)20-12-3-4-13-14(8-12)24-7-6-23-13/h2-5,8-10H,6-7H2,1H3,(H,20,21)/t10-/m0/s1. The van der Waals surface area contributed by atoms with Gasteiger partial charge in [-0.05, 0) is 31.2 Å². The van der Waals surface area contributed by atoms with Crippen molar-refractivity contribution in [2.75, 3.05) is 18.5 Å². The maximum Gasteiger partial charge on any atom is 0.340 e. The Balaban J connectivity index is 1.60. The van der Waals surface area contributed by atoms with Gasteiger partial charge in [-0.3, -0.25) is 4.79 Å². The van der Waals surface area contributed by atoms with E-state index in [1.165, 1.54) is 25.3 Å². The number of aromatic nitrogens is 1. The molecule has 1 aromatic heterocycles. The molecular weight excluding hydrogens is 348 g/mol. The summed E-state index contributed by atoms with van der Waals surface area (Å²) in [6.45, 7) is 2.42. The Morgan fingerprint density at radius 2 is 1.96 bits per heavy atom. The molecule has 8 heteroatoms. The van der Waals surface area contributed by atoms with E-state index in [-0.39, 0.29) is 10.7 Å². The average Bonchev–Trinajstić information content (AvgIpc) is 2.62. The molecule has 0 fully saturated rings. The second kappa shape index (κ2) is 7.40. The molecule has 1 aromatic carbocycles. The highest BCUT2D eigenvalue weighted by atomic mass is 35.5. The molecule has 1 aliphatic heterocycles. The molecule has 3 rings (SSSR count). The van der Waals surface area contributed by atoms with Gasteiger partial charge in [-0.1, -0.05) is 11.6 Å². The highest BCUT2D eigenvalue weighted by Gasteiger charge is 2.20. The van der Waals surface area contributed by atoms with Crippen LogP contribution in [-0.4, -0.2) is 36.2 Å². The van der Waals surface area contributed by atoms with Crippen LogP contribution in [0.5, 0.6) is 11.5 Å². The van der Waals surface area contributed by atoms with Crippen LogP contribution < -0.4 is 14.8 Å². The maximum absolute atomic E-state index is 12.2. The first-order chi connectivity index (χ1) is 12.0. The van der Waals surface area contributed by atoms with Crippen LogP contribution >= 0.6 is 11.6 Å². The first-order valence-electron chi connectivity index (χ1n) is 7.56. The minimum atomic E-state index is -0.989. The number of benzene rings is 1. The zero-order valence-electron chi connectivity index (χ0n) is 13.3. The molecule has 130 valence electrons. The first-order valence-corrected chi connectivity index (χ1v) is 7.94. The molecule has 2 heterocycles. The Morgan fingerprint density at radius 1 is 1.20 bits per heavy atom. The molecule has 2 aromatic rings. The molecule has 0 saturated heterocycles. The molecule has 0 unspecified atom stereocenters.